The van der Waals surface area contributed by atoms with E-state index in [1.807, 2.05) is 53.7 Å². The molecule has 0 aliphatic rings. The summed E-state index contributed by atoms with van der Waals surface area (Å²) in [5.41, 5.74) is 3.42. The Morgan fingerprint density at radius 2 is 1.61 bits per heavy atom. The average Bonchev–Trinajstić information content (AvgIpc) is 2.30. The molecule has 1 rings (SSSR count). The molecule has 0 aliphatic heterocycles. The van der Waals surface area contributed by atoms with E-state index in [-0.39, 0.29) is 18.9 Å². The van der Waals surface area contributed by atoms with Crippen LogP contribution in [0.15, 0.2) is 12.1 Å². The lowest BCUT2D eigenvalue weighted by molar-refractivity contribution is -0.116. The molecule has 0 bridgehead atoms. The van der Waals surface area contributed by atoms with Gasteiger partial charge in [0, 0.05) is 24.2 Å². The number of aryl methyl sites for hydroxylation is 3. The van der Waals surface area contributed by atoms with Gasteiger partial charge in [-0.25, -0.2) is 8.42 Å². The van der Waals surface area contributed by atoms with Gasteiger partial charge in [-0.2, -0.15) is 4.31 Å². The van der Waals surface area contributed by atoms with Crippen LogP contribution in [0.4, 0.5) is 5.69 Å². The second-order valence-corrected chi connectivity index (χ2v) is 8.98. The molecule has 1 N–H and O–H groups in total. The van der Waals surface area contributed by atoms with E-state index in [2.05, 4.69) is 5.32 Å². The SMILES string of the molecule is Cc1cc(C)c(NC(=O)CCN(C(C)(C)C)S(C)(=O)=O)c(C)c1. The fraction of sp³-hybridized carbons (Fsp3) is 0.588. The molecule has 0 spiro atoms. The maximum atomic E-state index is 12.2. The summed E-state index contributed by atoms with van der Waals surface area (Å²) in [6, 6.07) is 4.03. The fourth-order valence-electron chi connectivity index (χ4n) is 2.78. The number of nitrogens with zero attached hydrogens (tertiary/aromatic N) is 1. The molecule has 1 amide bonds. The van der Waals surface area contributed by atoms with Crippen LogP contribution in [0.5, 0.6) is 0 Å². The maximum absolute atomic E-state index is 12.2. The third kappa shape index (κ3) is 5.62. The first kappa shape index (κ1) is 19.6. The Bertz CT molecular complexity index is 665. The van der Waals surface area contributed by atoms with E-state index in [1.165, 1.54) is 10.6 Å². The largest absolute Gasteiger partial charge is 0.326 e. The van der Waals surface area contributed by atoms with Gasteiger partial charge in [0.15, 0.2) is 0 Å². The number of rotatable bonds is 5. The number of carbonyl (C=O) groups is 1. The molecule has 0 heterocycles. The van der Waals surface area contributed by atoms with E-state index in [1.54, 1.807) is 0 Å². The van der Waals surface area contributed by atoms with Gasteiger partial charge in [-0.05, 0) is 52.7 Å². The van der Waals surface area contributed by atoms with Gasteiger partial charge in [0.05, 0.1) is 6.26 Å². The molecule has 0 unspecified atom stereocenters. The highest BCUT2D eigenvalue weighted by molar-refractivity contribution is 7.88. The number of benzene rings is 1. The predicted octanol–water partition coefficient (Wildman–Crippen LogP) is 3.00. The van der Waals surface area contributed by atoms with Crippen molar-refractivity contribution in [1.29, 1.82) is 0 Å². The van der Waals surface area contributed by atoms with Crippen LogP contribution in [0.1, 0.15) is 43.9 Å². The lowest BCUT2D eigenvalue weighted by Crippen LogP contribution is -2.46. The summed E-state index contributed by atoms with van der Waals surface area (Å²) in [7, 11) is -3.36. The molecule has 0 atom stereocenters. The van der Waals surface area contributed by atoms with Gasteiger partial charge in [-0.15, -0.1) is 0 Å². The number of hydrogen-bond acceptors (Lipinski definition) is 3. The smallest absolute Gasteiger partial charge is 0.225 e. The summed E-state index contributed by atoms with van der Waals surface area (Å²) in [6.07, 6.45) is 1.29. The zero-order chi connectivity index (χ0) is 18.0. The number of anilines is 1. The van der Waals surface area contributed by atoms with Crippen LogP contribution in [-0.4, -0.2) is 37.0 Å². The minimum Gasteiger partial charge on any atom is -0.326 e. The molecular formula is C17H28N2O3S. The molecule has 0 radical (unpaired) electrons. The molecule has 6 heteroatoms. The molecule has 23 heavy (non-hydrogen) atoms. The van der Waals surface area contributed by atoms with Crippen molar-refractivity contribution in [1.82, 2.24) is 4.31 Å². The van der Waals surface area contributed by atoms with Crippen molar-refractivity contribution in [2.45, 2.75) is 53.5 Å². The number of amides is 1. The number of carbonyl (C=O) groups excluding carboxylic acids is 1. The Kier molecular flexibility index (Phi) is 5.99. The number of nitrogens with one attached hydrogen (secondary N) is 1. The Morgan fingerprint density at radius 1 is 1.13 bits per heavy atom. The van der Waals surface area contributed by atoms with E-state index in [0.717, 1.165) is 22.4 Å². The quantitative estimate of drug-likeness (QED) is 0.896. The highest BCUT2D eigenvalue weighted by atomic mass is 32.2. The molecule has 1 aromatic carbocycles. The highest BCUT2D eigenvalue weighted by Crippen LogP contribution is 2.22. The summed E-state index contributed by atoms with van der Waals surface area (Å²) >= 11 is 0. The van der Waals surface area contributed by atoms with Crippen molar-refractivity contribution in [2.75, 3.05) is 18.1 Å². The van der Waals surface area contributed by atoms with Crippen LogP contribution in [0.3, 0.4) is 0 Å². The van der Waals surface area contributed by atoms with Gasteiger partial charge in [0.1, 0.15) is 0 Å². The van der Waals surface area contributed by atoms with Gasteiger partial charge in [0.25, 0.3) is 0 Å². The molecule has 0 fully saturated rings. The predicted molar refractivity (Wildman–Crippen MR) is 95.2 cm³/mol. The Morgan fingerprint density at radius 3 is 2.00 bits per heavy atom. The molecule has 0 aromatic heterocycles. The normalized spacial score (nSPS) is 12.5. The standard InChI is InChI=1S/C17H28N2O3S/c1-12-10-13(2)16(14(3)11-12)18-15(20)8-9-19(17(4,5)6)23(7,21)22/h10-11H,8-9H2,1-7H3,(H,18,20). The van der Waals surface area contributed by atoms with E-state index < -0.39 is 15.6 Å². The van der Waals surface area contributed by atoms with Crippen molar-refractivity contribution in [2.24, 2.45) is 0 Å². The minimum atomic E-state index is -3.36. The molecule has 0 aliphatic carbocycles. The van der Waals surface area contributed by atoms with Crippen molar-refractivity contribution >= 4 is 21.6 Å². The van der Waals surface area contributed by atoms with Crippen molar-refractivity contribution < 1.29 is 13.2 Å². The van der Waals surface area contributed by atoms with Crippen LogP contribution < -0.4 is 5.32 Å². The number of sulfonamides is 1. The summed E-state index contributed by atoms with van der Waals surface area (Å²) in [5, 5.41) is 2.90. The lowest BCUT2D eigenvalue weighted by atomic mass is 10.0. The third-order valence-corrected chi connectivity index (χ3v) is 5.16. The zero-order valence-corrected chi connectivity index (χ0v) is 16.0. The zero-order valence-electron chi connectivity index (χ0n) is 15.1. The topological polar surface area (TPSA) is 66.5 Å². The van der Waals surface area contributed by atoms with Crippen LogP contribution >= 0.6 is 0 Å². The van der Waals surface area contributed by atoms with Crippen LogP contribution in [0.25, 0.3) is 0 Å². The van der Waals surface area contributed by atoms with Crippen molar-refractivity contribution in [3.8, 4) is 0 Å². The minimum absolute atomic E-state index is 0.122. The van der Waals surface area contributed by atoms with Crippen LogP contribution in [0.2, 0.25) is 0 Å². The van der Waals surface area contributed by atoms with Gasteiger partial charge in [-0.1, -0.05) is 17.7 Å². The second kappa shape index (κ2) is 7.01. The molecular weight excluding hydrogens is 312 g/mol. The monoisotopic (exact) mass is 340 g/mol. The summed E-state index contributed by atoms with van der Waals surface area (Å²) in [4.78, 5) is 12.2. The average molecular weight is 340 g/mol. The lowest BCUT2D eigenvalue weighted by Gasteiger charge is -2.33. The van der Waals surface area contributed by atoms with Gasteiger partial charge in [0.2, 0.25) is 15.9 Å². The van der Waals surface area contributed by atoms with Gasteiger partial charge < -0.3 is 5.32 Å². The Hall–Kier alpha value is -1.40. The van der Waals surface area contributed by atoms with E-state index in [0.29, 0.717) is 0 Å². The summed E-state index contributed by atoms with van der Waals surface area (Å²) < 4.78 is 25.1. The molecule has 1 aromatic rings. The Balaban J connectivity index is 2.82. The summed E-state index contributed by atoms with van der Waals surface area (Å²) in [6.45, 7) is 11.5. The van der Waals surface area contributed by atoms with Gasteiger partial charge in [-0.3, -0.25) is 4.79 Å². The van der Waals surface area contributed by atoms with Crippen LogP contribution in [0, 0.1) is 20.8 Å². The fourth-order valence-corrected chi connectivity index (χ4v) is 4.20. The summed E-state index contributed by atoms with van der Waals surface area (Å²) in [5.74, 6) is -0.182. The van der Waals surface area contributed by atoms with Gasteiger partial charge >= 0.3 is 0 Å². The molecule has 0 saturated carbocycles. The first-order valence-corrected chi connectivity index (χ1v) is 9.52. The molecule has 130 valence electrons. The Labute approximate surface area is 140 Å². The van der Waals surface area contributed by atoms with E-state index >= 15 is 0 Å². The maximum Gasteiger partial charge on any atom is 0.225 e. The molecule has 5 nitrogen and oxygen atoms in total. The second-order valence-electron chi connectivity index (χ2n) is 7.08. The number of hydrogen-bond donors (Lipinski definition) is 1. The molecule has 0 saturated heterocycles. The first-order valence-electron chi connectivity index (χ1n) is 7.68. The van der Waals surface area contributed by atoms with Crippen molar-refractivity contribution in [3.05, 3.63) is 28.8 Å². The van der Waals surface area contributed by atoms with E-state index in [4.69, 9.17) is 0 Å². The van der Waals surface area contributed by atoms with Crippen LogP contribution in [-0.2, 0) is 14.8 Å². The highest BCUT2D eigenvalue weighted by Gasteiger charge is 2.29. The van der Waals surface area contributed by atoms with Crippen molar-refractivity contribution in [3.63, 3.8) is 0 Å². The van der Waals surface area contributed by atoms with E-state index in [9.17, 15) is 13.2 Å². The first-order chi connectivity index (χ1) is 10.3. The third-order valence-electron chi connectivity index (χ3n) is 3.63.